The molecule has 0 aliphatic carbocycles. The molecule has 0 radical (unpaired) electrons. The molecule has 4 rings (SSSR count). The fourth-order valence-corrected chi connectivity index (χ4v) is 5.86. The smallest absolute Gasteiger partial charge is 0.548 e. The second-order valence-corrected chi connectivity index (χ2v) is 10.5. The molecule has 2 aliphatic rings. The van der Waals surface area contributed by atoms with Crippen LogP contribution in [0.25, 0.3) is 0 Å². The number of carboxylic acids is 1. The molecule has 2 saturated heterocycles. The van der Waals surface area contributed by atoms with Crippen LogP contribution in [-0.2, 0) is 30.5 Å². The number of carbonyl (C=O) groups excluding carboxylic acids is 4. The second-order valence-electron chi connectivity index (χ2n) is 8.68. The number of rotatable bonds is 7. The van der Waals surface area contributed by atoms with Crippen LogP contribution in [0.2, 0.25) is 0 Å². The van der Waals surface area contributed by atoms with Gasteiger partial charge in [0.15, 0.2) is 5.92 Å². The summed E-state index contributed by atoms with van der Waals surface area (Å²) in [5.41, 5.74) is 1.02. The van der Waals surface area contributed by atoms with E-state index in [2.05, 4.69) is 5.32 Å². The van der Waals surface area contributed by atoms with E-state index in [-0.39, 0.29) is 47.5 Å². The molecule has 4 atom stereocenters. The molecule has 2 aliphatic heterocycles. The Morgan fingerprint density at radius 1 is 1.14 bits per heavy atom. The molecule has 0 bridgehead atoms. The van der Waals surface area contributed by atoms with Crippen molar-refractivity contribution in [3.63, 3.8) is 0 Å². The first-order valence-electron chi connectivity index (χ1n) is 10.6. The number of hydrogen-bond donors (Lipinski definition) is 2. The summed E-state index contributed by atoms with van der Waals surface area (Å²) in [6.07, 6.45) is 0. The maximum Gasteiger partial charge on any atom is 1.00 e. The van der Waals surface area contributed by atoms with E-state index in [4.69, 9.17) is 4.74 Å². The first kappa shape index (κ1) is 27.1. The number of esters is 1. The van der Waals surface area contributed by atoms with Gasteiger partial charge >= 0.3 is 35.5 Å². The summed E-state index contributed by atoms with van der Waals surface area (Å²) < 4.78 is 4.57. The zero-order chi connectivity index (χ0) is 24.6. The molecule has 2 N–H and O–H groups in total. The molecule has 2 fully saturated rings. The van der Waals surface area contributed by atoms with Crippen molar-refractivity contribution in [1.82, 2.24) is 10.2 Å². The summed E-state index contributed by atoms with van der Waals surface area (Å²) in [7, 11) is 0. The van der Waals surface area contributed by atoms with Crippen molar-refractivity contribution in [1.29, 1.82) is 0 Å². The fourth-order valence-electron chi connectivity index (χ4n) is 4.24. The standard InChI is InChI=1S/C24H24N2O7S.Na/c1-24(2)18(22(30)31)26-20(29)17(21(26)34-24)25-19(28)16(14-8-10-15(27)11-9-14)23(32)33-12-13-6-4-3-5-7-13;/h3-11,16-18,21,27H,12H2,1-2H3,(H,25,28)(H,30,31);/q;+1/p-1/t16?,17-,18+,21-;/m1./s1. The quantitative estimate of drug-likeness (QED) is 0.182. The van der Waals surface area contributed by atoms with Gasteiger partial charge < -0.3 is 30.0 Å². The number of nitrogens with zero attached hydrogens (tertiary/aromatic N) is 1. The number of hydrogen-bond acceptors (Lipinski definition) is 8. The van der Waals surface area contributed by atoms with Gasteiger partial charge in [0.25, 0.3) is 0 Å². The van der Waals surface area contributed by atoms with E-state index >= 15 is 0 Å². The Bertz CT molecular complexity index is 1130. The number of amides is 2. The van der Waals surface area contributed by atoms with E-state index in [0.29, 0.717) is 0 Å². The van der Waals surface area contributed by atoms with Gasteiger partial charge in [0.1, 0.15) is 23.8 Å². The van der Waals surface area contributed by atoms with Crippen LogP contribution in [0.4, 0.5) is 0 Å². The van der Waals surface area contributed by atoms with Crippen LogP contribution >= 0.6 is 11.8 Å². The molecule has 0 aromatic heterocycles. The maximum atomic E-state index is 13.2. The van der Waals surface area contributed by atoms with Gasteiger partial charge in [-0.1, -0.05) is 42.5 Å². The minimum atomic E-state index is -1.39. The van der Waals surface area contributed by atoms with Gasteiger partial charge in [-0.2, -0.15) is 0 Å². The van der Waals surface area contributed by atoms with E-state index < -0.39 is 51.9 Å². The molecular weight excluding hydrogens is 483 g/mol. The zero-order valence-corrected chi connectivity index (χ0v) is 22.3. The molecule has 2 heterocycles. The number of phenols is 1. The minimum Gasteiger partial charge on any atom is -0.548 e. The molecule has 35 heavy (non-hydrogen) atoms. The van der Waals surface area contributed by atoms with Crippen LogP contribution < -0.4 is 40.0 Å². The molecule has 11 heteroatoms. The summed E-state index contributed by atoms with van der Waals surface area (Å²) in [4.78, 5) is 51.7. The maximum absolute atomic E-state index is 13.2. The number of β-lactam (4-membered cyclic amide) rings is 1. The van der Waals surface area contributed by atoms with E-state index in [0.717, 1.165) is 5.56 Å². The predicted molar refractivity (Wildman–Crippen MR) is 120 cm³/mol. The Labute approximate surface area is 228 Å². The summed E-state index contributed by atoms with van der Waals surface area (Å²) in [5, 5.41) is 23.2. The molecular formula is C24H23N2NaO7S. The molecule has 0 spiro atoms. The molecule has 178 valence electrons. The normalized spacial score (nSPS) is 22.7. The van der Waals surface area contributed by atoms with Crippen LogP contribution in [-0.4, -0.2) is 56.0 Å². The van der Waals surface area contributed by atoms with Gasteiger partial charge in [-0.3, -0.25) is 14.4 Å². The molecule has 1 unspecified atom stereocenters. The number of ether oxygens (including phenoxy) is 1. The van der Waals surface area contributed by atoms with Crippen molar-refractivity contribution in [2.75, 3.05) is 0 Å². The van der Waals surface area contributed by atoms with Crippen LogP contribution in [0.15, 0.2) is 54.6 Å². The van der Waals surface area contributed by atoms with Gasteiger partial charge in [-0.25, -0.2) is 0 Å². The van der Waals surface area contributed by atoms with Crippen molar-refractivity contribution < 1.29 is 63.7 Å². The topological polar surface area (TPSA) is 136 Å². The van der Waals surface area contributed by atoms with Crippen LogP contribution in [0, 0.1) is 0 Å². The Morgan fingerprint density at radius 2 is 1.77 bits per heavy atom. The minimum absolute atomic E-state index is 0. The van der Waals surface area contributed by atoms with E-state index in [9.17, 15) is 29.4 Å². The molecule has 2 aromatic carbocycles. The number of aliphatic carboxylic acids is 1. The van der Waals surface area contributed by atoms with Crippen molar-refractivity contribution >= 4 is 35.5 Å². The number of carboxylic acid groups (broad SMARTS) is 1. The first-order chi connectivity index (χ1) is 16.1. The van der Waals surface area contributed by atoms with Gasteiger partial charge in [0.2, 0.25) is 11.8 Å². The number of phenolic OH excluding ortho intramolecular Hbond substituents is 1. The van der Waals surface area contributed by atoms with Crippen molar-refractivity contribution in [2.24, 2.45) is 0 Å². The Morgan fingerprint density at radius 3 is 2.37 bits per heavy atom. The third kappa shape index (κ3) is 5.35. The molecule has 2 aromatic rings. The molecule has 0 saturated carbocycles. The monoisotopic (exact) mass is 506 g/mol. The summed E-state index contributed by atoms with van der Waals surface area (Å²) in [5.74, 6) is -4.90. The largest absolute Gasteiger partial charge is 1.00 e. The van der Waals surface area contributed by atoms with Crippen molar-refractivity contribution in [3.05, 3.63) is 65.7 Å². The Kier molecular flexibility index (Phi) is 8.21. The van der Waals surface area contributed by atoms with Gasteiger partial charge in [0.05, 0.1) is 12.0 Å². The van der Waals surface area contributed by atoms with Gasteiger partial charge in [-0.15, -0.1) is 11.8 Å². The van der Waals surface area contributed by atoms with Crippen molar-refractivity contribution in [3.8, 4) is 5.75 Å². The van der Waals surface area contributed by atoms with Crippen LogP contribution in [0.5, 0.6) is 5.75 Å². The van der Waals surface area contributed by atoms with Gasteiger partial charge in [0, 0.05) is 4.75 Å². The summed E-state index contributed by atoms with van der Waals surface area (Å²) in [6, 6.07) is 12.4. The van der Waals surface area contributed by atoms with Crippen molar-refractivity contribution in [2.45, 2.75) is 48.6 Å². The SMILES string of the molecule is CC1(C)S[C@@H]2[C@H](NC(=O)C(C(=O)OCc3ccccc3)c3ccc(O)cc3)C(=O)N2[C@H]1C(=O)[O-].[Na+]. The number of benzene rings is 2. The van der Waals surface area contributed by atoms with E-state index in [1.54, 1.807) is 38.1 Å². The average molecular weight is 507 g/mol. The number of nitrogens with one attached hydrogen (secondary N) is 1. The second kappa shape index (κ2) is 10.6. The summed E-state index contributed by atoms with van der Waals surface area (Å²) >= 11 is 1.25. The van der Waals surface area contributed by atoms with E-state index in [1.165, 1.54) is 40.9 Å². The third-order valence-corrected chi connectivity index (χ3v) is 7.48. The average Bonchev–Trinajstić information content (AvgIpc) is 3.06. The van der Waals surface area contributed by atoms with Crippen LogP contribution in [0.3, 0.4) is 0 Å². The van der Waals surface area contributed by atoms with Crippen LogP contribution in [0.1, 0.15) is 30.9 Å². The number of fused-ring (bicyclic) bond motifs is 1. The number of carbonyl (C=O) groups is 4. The first-order valence-corrected chi connectivity index (χ1v) is 11.5. The molecule has 2 amide bonds. The summed E-state index contributed by atoms with van der Waals surface area (Å²) in [6.45, 7) is 3.35. The number of aromatic hydroxyl groups is 1. The third-order valence-electron chi connectivity index (χ3n) is 5.91. The fraction of sp³-hybridized carbons (Fsp3) is 0.333. The van der Waals surface area contributed by atoms with E-state index in [1.807, 2.05) is 6.07 Å². The van der Waals surface area contributed by atoms with Gasteiger partial charge in [-0.05, 0) is 37.1 Å². The Balaban J connectivity index is 0.00000342. The molecule has 9 nitrogen and oxygen atoms in total. The number of thioether (sulfide) groups is 1. The zero-order valence-electron chi connectivity index (χ0n) is 19.5. The Hall–Kier alpha value is -2.53. The predicted octanol–water partition coefficient (Wildman–Crippen LogP) is -2.48.